The summed E-state index contributed by atoms with van der Waals surface area (Å²) in [6, 6.07) is 1.82. The van der Waals surface area contributed by atoms with Crippen molar-refractivity contribution < 1.29 is 18.0 Å². The minimum absolute atomic E-state index is 0.129. The van der Waals surface area contributed by atoms with Gasteiger partial charge in [-0.05, 0) is 18.6 Å². The Balaban J connectivity index is 2.52. The lowest BCUT2D eigenvalue weighted by atomic mass is 10.2. The maximum Gasteiger partial charge on any atom is 0.416 e. The molecule has 0 fully saturated rings. The lowest BCUT2D eigenvalue weighted by Crippen LogP contribution is -2.13. The van der Waals surface area contributed by atoms with Crippen molar-refractivity contribution >= 4 is 11.7 Å². The Bertz CT molecular complexity index is 393. The van der Waals surface area contributed by atoms with E-state index in [2.05, 4.69) is 10.3 Å². The fourth-order valence-electron chi connectivity index (χ4n) is 1.18. The monoisotopic (exact) mass is 247 g/mol. The first-order valence-corrected chi connectivity index (χ1v) is 4.95. The molecular formula is C10H12F3N3O. The van der Waals surface area contributed by atoms with Crippen LogP contribution < -0.4 is 11.1 Å². The fraction of sp³-hybridized carbons (Fsp3) is 0.400. The number of carbonyl (C=O) groups excluding carboxylic acids is 1. The Kier molecular flexibility index (Phi) is 4.30. The van der Waals surface area contributed by atoms with Gasteiger partial charge in [-0.2, -0.15) is 13.2 Å². The topological polar surface area (TPSA) is 68.0 Å². The smallest absolute Gasteiger partial charge is 0.370 e. The van der Waals surface area contributed by atoms with E-state index in [4.69, 9.17) is 5.73 Å². The van der Waals surface area contributed by atoms with Gasteiger partial charge in [-0.25, -0.2) is 4.98 Å². The van der Waals surface area contributed by atoms with Gasteiger partial charge < -0.3 is 11.1 Å². The largest absolute Gasteiger partial charge is 0.416 e. The third-order valence-corrected chi connectivity index (χ3v) is 1.99. The molecule has 1 aromatic heterocycles. The van der Waals surface area contributed by atoms with Gasteiger partial charge in [0.1, 0.15) is 5.82 Å². The van der Waals surface area contributed by atoms with E-state index in [1.54, 1.807) is 0 Å². The van der Waals surface area contributed by atoms with Crippen LogP contribution in [0, 0.1) is 0 Å². The normalized spacial score (nSPS) is 11.2. The Morgan fingerprint density at radius 1 is 1.47 bits per heavy atom. The highest BCUT2D eigenvalue weighted by atomic mass is 19.4. The van der Waals surface area contributed by atoms with Crippen molar-refractivity contribution in [3.63, 3.8) is 0 Å². The molecule has 0 aliphatic rings. The van der Waals surface area contributed by atoms with Gasteiger partial charge in [0.2, 0.25) is 5.91 Å². The summed E-state index contributed by atoms with van der Waals surface area (Å²) in [7, 11) is 0. The van der Waals surface area contributed by atoms with Crippen molar-refractivity contribution in [3.8, 4) is 0 Å². The number of primary amides is 1. The third-order valence-electron chi connectivity index (χ3n) is 1.99. The minimum Gasteiger partial charge on any atom is -0.370 e. The Morgan fingerprint density at radius 2 is 2.18 bits per heavy atom. The zero-order valence-corrected chi connectivity index (χ0v) is 8.92. The van der Waals surface area contributed by atoms with Crippen LogP contribution >= 0.6 is 0 Å². The van der Waals surface area contributed by atoms with E-state index >= 15 is 0 Å². The number of pyridine rings is 1. The SMILES string of the molecule is NC(=O)CCCNc1cc(C(F)(F)F)ccn1. The van der Waals surface area contributed by atoms with Crippen LogP contribution in [0.25, 0.3) is 0 Å². The van der Waals surface area contributed by atoms with E-state index in [1.807, 2.05) is 0 Å². The number of halogens is 3. The molecule has 4 nitrogen and oxygen atoms in total. The van der Waals surface area contributed by atoms with Gasteiger partial charge in [-0.1, -0.05) is 0 Å². The zero-order valence-electron chi connectivity index (χ0n) is 8.92. The van der Waals surface area contributed by atoms with Gasteiger partial charge >= 0.3 is 6.18 Å². The summed E-state index contributed by atoms with van der Waals surface area (Å²) in [6.07, 6.45) is -2.66. The van der Waals surface area contributed by atoms with Crippen molar-refractivity contribution in [2.75, 3.05) is 11.9 Å². The molecule has 3 N–H and O–H groups in total. The van der Waals surface area contributed by atoms with Crippen molar-refractivity contribution in [1.82, 2.24) is 4.98 Å². The van der Waals surface area contributed by atoms with Gasteiger partial charge in [-0.15, -0.1) is 0 Å². The fourth-order valence-corrected chi connectivity index (χ4v) is 1.18. The quantitative estimate of drug-likeness (QED) is 0.779. The van der Waals surface area contributed by atoms with E-state index in [-0.39, 0.29) is 12.2 Å². The molecule has 0 radical (unpaired) electrons. The third kappa shape index (κ3) is 4.71. The molecule has 0 spiro atoms. The maximum atomic E-state index is 12.3. The second-order valence-electron chi connectivity index (χ2n) is 3.42. The van der Waals surface area contributed by atoms with Crippen LogP contribution in [-0.2, 0) is 11.0 Å². The number of amides is 1. The minimum atomic E-state index is -4.38. The number of aromatic nitrogens is 1. The Labute approximate surface area is 96.0 Å². The number of rotatable bonds is 5. The van der Waals surface area contributed by atoms with E-state index < -0.39 is 17.6 Å². The highest BCUT2D eigenvalue weighted by molar-refractivity contribution is 5.73. The molecule has 0 bridgehead atoms. The molecule has 0 unspecified atom stereocenters. The molecule has 94 valence electrons. The van der Waals surface area contributed by atoms with Crippen molar-refractivity contribution in [2.45, 2.75) is 19.0 Å². The van der Waals surface area contributed by atoms with Gasteiger partial charge in [0.15, 0.2) is 0 Å². The molecule has 0 aliphatic heterocycles. The van der Waals surface area contributed by atoms with Crippen LogP contribution in [0.5, 0.6) is 0 Å². The Hall–Kier alpha value is -1.79. The second-order valence-corrected chi connectivity index (χ2v) is 3.42. The molecule has 7 heteroatoms. The predicted octanol–water partition coefficient (Wildman–Crippen LogP) is 1.78. The lowest BCUT2D eigenvalue weighted by molar-refractivity contribution is -0.137. The van der Waals surface area contributed by atoms with E-state index in [1.165, 1.54) is 0 Å². The predicted molar refractivity (Wildman–Crippen MR) is 56.2 cm³/mol. The summed E-state index contributed by atoms with van der Waals surface area (Å²) in [5.74, 6) is -0.312. The summed E-state index contributed by atoms with van der Waals surface area (Å²) in [5.41, 5.74) is 4.16. The molecule has 0 saturated heterocycles. The van der Waals surface area contributed by atoms with Gasteiger partial charge in [0, 0.05) is 19.2 Å². The first-order valence-electron chi connectivity index (χ1n) is 4.95. The molecule has 0 saturated carbocycles. The van der Waals surface area contributed by atoms with E-state index in [9.17, 15) is 18.0 Å². The molecule has 17 heavy (non-hydrogen) atoms. The summed E-state index contributed by atoms with van der Waals surface area (Å²) < 4.78 is 37.0. The number of alkyl halides is 3. The summed E-state index contributed by atoms with van der Waals surface area (Å²) in [4.78, 5) is 14.2. The molecule has 1 amide bonds. The molecule has 0 atom stereocenters. The molecule has 1 rings (SSSR count). The van der Waals surface area contributed by atoms with Crippen LogP contribution in [-0.4, -0.2) is 17.4 Å². The maximum absolute atomic E-state index is 12.3. The molecule has 1 heterocycles. The number of nitrogens with zero attached hydrogens (tertiary/aromatic N) is 1. The van der Waals surface area contributed by atoms with E-state index in [0.717, 1.165) is 18.3 Å². The van der Waals surface area contributed by atoms with Crippen molar-refractivity contribution in [3.05, 3.63) is 23.9 Å². The molecule has 0 aromatic carbocycles. The molecule has 0 aliphatic carbocycles. The number of hydrogen-bond donors (Lipinski definition) is 2. The lowest BCUT2D eigenvalue weighted by Gasteiger charge is -2.09. The molecule has 1 aromatic rings. The number of carbonyl (C=O) groups is 1. The average Bonchev–Trinajstić information content (AvgIpc) is 2.23. The number of anilines is 1. The van der Waals surface area contributed by atoms with Gasteiger partial charge in [0.05, 0.1) is 5.56 Å². The molecular weight excluding hydrogens is 235 g/mol. The number of nitrogens with two attached hydrogens (primary N) is 1. The van der Waals surface area contributed by atoms with Crippen LogP contribution in [0.15, 0.2) is 18.3 Å². The van der Waals surface area contributed by atoms with E-state index in [0.29, 0.717) is 13.0 Å². The first kappa shape index (κ1) is 13.3. The summed E-state index contributed by atoms with van der Waals surface area (Å²) in [6.45, 7) is 0.344. The van der Waals surface area contributed by atoms with Crippen LogP contribution in [0.4, 0.5) is 19.0 Å². The Morgan fingerprint density at radius 3 is 2.76 bits per heavy atom. The second kappa shape index (κ2) is 5.51. The van der Waals surface area contributed by atoms with Crippen molar-refractivity contribution in [2.24, 2.45) is 5.73 Å². The van der Waals surface area contributed by atoms with Crippen LogP contribution in [0.1, 0.15) is 18.4 Å². The standard InChI is InChI=1S/C10H12F3N3O/c11-10(12,13)7-3-5-16-9(6-7)15-4-1-2-8(14)17/h3,5-6H,1-2,4H2,(H2,14,17)(H,15,16). The van der Waals surface area contributed by atoms with Crippen molar-refractivity contribution in [1.29, 1.82) is 0 Å². The zero-order chi connectivity index (χ0) is 12.9. The van der Waals surface area contributed by atoms with Gasteiger partial charge in [-0.3, -0.25) is 4.79 Å². The van der Waals surface area contributed by atoms with Crippen LogP contribution in [0.2, 0.25) is 0 Å². The summed E-state index contributed by atoms with van der Waals surface area (Å²) in [5, 5.41) is 2.69. The summed E-state index contributed by atoms with van der Waals surface area (Å²) >= 11 is 0. The number of nitrogens with one attached hydrogen (secondary N) is 1. The highest BCUT2D eigenvalue weighted by Gasteiger charge is 2.30. The number of hydrogen-bond acceptors (Lipinski definition) is 3. The average molecular weight is 247 g/mol. The highest BCUT2D eigenvalue weighted by Crippen LogP contribution is 2.29. The van der Waals surface area contributed by atoms with Crippen LogP contribution in [0.3, 0.4) is 0 Å². The van der Waals surface area contributed by atoms with Gasteiger partial charge in [0.25, 0.3) is 0 Å². The first-order chi connectivity index (χ1) is 7.89.